The van der Waals surface area contributed by atoms with E-state index in [9.17, 15) is 0 Å². The van der Waals surface area contributed by atoms with Gasteiger partial charge in [0.25, 0.3) is 5.66 Å². The van der Waals surface area contributed by atoms with E-state index < -0.39 is 5.66 Å². The number of nitriles is 1. The second-order valence-electron chi connectivity index (χ2n) is 3.58. The predicted octanol–water partition coefficient (Wildman–Crippen LogP) is 1.73. The van der Waals surface area contributed by atoms with Gasteiger partial charge in [0.15, 0.2) is 0 Å². The Hall–Kier alpha value is -0.950. The summed E-state index contributed by atoms with van der Waals surface area (Å²) in [5.41, 5.74) is -1.21. The molecule has 4 nitrogen and oxygen atoms in total. The fraction of sp³-hybridized carbons (Fsp3) is 0.875. The zero-order valence-corrected chi connectivity index (χ0v) is 7.83. The average Bonchev–Trinajstić information content (AvgIpc) is 2.83. The van der Waals surface area contributed by atoms with Crippen LogP contribution in [0.2, 0.25) is 0 Å². The third kappa shape index (κ3) is 1.01. The van der Waals surface area contributed by atoms with E-state index in [-0.39, 0.29) is 11.5 Å². The fourth-order valence-corrected chi connectivity index (χ4v) is 1.07. The Morgan fingerprint density at radius 2 is 2.00 bits per heavy atom. The van der Waals surface area contributed by atoms with Gasteiger partial charge in [-0.1, -0.05) is 13.8 Å². The highest BCUT2D eigenvalue weighted by Gasteiger charge is 2.57. The molecule has 1 atom stereocenters. The number of nitrogens with zero attached hydrogens (tertiary/aromatic N) is 3. The zero-order valence-electron chi connectivity index (χ0n) is 7.83. The van der Waals surface area contributed by atoms with Crippen molar-refractivity contribution < 1.29 is 4.74 Å². The summed E-state index contributed by atoms with van der Waals surface area (Å²) in [6.07, 6.45) is -0.0350. The van der Waals surface area contributed by atoms with E-state index in [1.54, 1.807) is 7.11 Å². The highest BCUT2D eigenvalue weighted by molar-refractivity contribution is 5.20. The Kier molecular flexibility index (Phi) is 1.92. The van der Waals surface area contributed by atoms with Crippen LogP contribution in [0.5, 0.6) is 0 Å². The minimum Gasteiger partial charge on any atom is -0.381 e. The molecule has 0 radical (unpaired) electrons. The molecule has 4 heteroatoms. The Morgan fingerprint density at radius 1 is 1.50 bits per heavy atom. The molecule has 66 valence electrons. The van der Waals surface area contributed by atoms with Crippen LogP contribution in [0.1, 0.15) is 20.8 Å². The molecule has 0 aromatic heterocycles. The van der Waals surface area contributed by atoms with Crippen LogP contribution in [0, 0.1) is 16.7 Å². The summed E-state index contributed by atoms with van der Waals surface area (Å²) in [5.74, 6) is 0. The molecule has 0 spiro atoms. The van der Waals surface area contributed by atoms with E-state index in [1.165, 1.54) is 0 Å². The van der Waals surface area contributed by atoms with Gasteiger partial charge in [0, 0.05) is 7.11 Å². The van der Waals surface area contributed by atoms with Crippen molar-refractivity contribution in [2.24, 2.45) is 15.6 Å². The molecule has 0 aromatic carbocycles. The van der Waals surface area contributed by atoms with Crippen LogP contribution in [-0.2, 0) is 4.74 Å². The van der Waals surface area contributed by atoms with Crippen LogP contribution in [0.25, 0.3) is 0 Å². The molecule has 0 aliphatic carbocycles. The molecule has 0 aromatic rings. The summed E-state index contributed by atoms with van der Waals surface area (Å²) in [5, 5.41) is 16.4. The lowest BCUT2D eigenvalue weighted by Gasteiger charge is -2.31. The molecule has 1 aliphatic rings. The van der Waals surface area contributed by atoms with Gasteiger partial charge in [-0.25, -0.2) is 0 Å². The predicted molar refractivity (Wildman–Crippen MR) is 43.5 cm³/mol. The van der Waals surface area contributed by atoms with E-state index in [1.807, 2.05) is 20.8 Å². The highest BCUT2D eigenvalue weighted by Crippen LogP contribution is 2.47. The summed E-state index contributed by atoms with van der Waals surface area (Å²) in [4.78, 5) is 0. The van der Waals surface area contributed by atoms with E-state index >= 15 is 0 Å². The molecule has 1 aliphatic heterocycles. The van der Waals surface area contributed by atoms with Gasteiger partial charge in [-0.15, -0.1) is 10.2 Å². The molecule has 0 N–H and O–H groups in total. The van der Waals surface area contributed by atoms with Crippen LogP contribution in [0.15, 0.2) is 10.2 Å². The molecule has 1 rings (SSSR count). The van der Waals surface area contributed by atoms with Gasteiger partial charge < -0.3 is 4.74 Å². The maximum atomic E-state index is 8.84. The van der Waals surface area contributed by atoms with Crippen molar-refractivity contribution in [1.82, 2.24) is 0 Å². The van der Waals surface area contributed by atoms with Crippen LogP contribution >= 0.6 is 0 Å². The lowest BCUT2D eigenvalue weighted by atomic mass is 9.77. The van der Waals surface area contributed by atoms with Crippen molar-refractivity contribution in [3.05, 3.63) is 0 Å². The van der Waals surface area contributed by atoms with E-state index in [2.05, 4.69) is 16.3 Å². The molecule has 1 heterocycles. The zero-order chi connectivity index (χ0) is 9.41. The highest BCUT2D eigenvalue weighted by atomic mass is 16.5. The van der Waals surface area contributed by atoms with E-state index in [0.717, 1.165) is 0 Å². The number of methoxy groups -OCH3 is 1. The third-order valence-electron chi connectivity index (χ3n) is 2.72. The largest absolute Gasteiger partial charge is 0.381 e. The van der Waals surface area contributed by atoms with E-state index in [0.29, 0.717) is 0 Å². The minimum absolute atomic E-state index is 0.0350. The number of rotatable bonds is 3. The standard InChI is InChI=1S/C8H13N3O/c1-6(12-4)7(2,3)8(5-9)10-11-8/h6H,1-4H3. The van der Waals surface area contributed by atoms with Crippen LogP contribution in [-0.4, -0.2) is 18.9 Å². The first-order chi connectivity index (χ1) is 5.50. The minimum atomic E-state index is -0.859. The van der Waals surface area contributed by atoms with Gasteiger partial charge in [0.2, 0.25) is 0 Å². The Labute approximate surface area is 72.2 Å². The van der Waals surface area contributed by atoms with E-state index in [4.69, 9.17) is 10.00 Å². The molecule has 1 unspecified atom stereocenters. The average molecular weight is 167 g/mol. The number of hydrogen-bond acceptors (Lipinski definition) is 4. The lowest BCUT2D eigenvalue weighted by molar-refractivity contribution is 0.00611. The normalized spacial score (nSPS) is 21.6. The summed E-state index contributed by atoms with van der Waals surface area (Å²) in [6.45, 7) is 5.79. The second kappa shape index (κ2) is 2.53. The quantitative estimate of drug-likeness (QED) is 0.642. The molecule has 0 saturated carbocycles. The van der Waals surface area contributed by atoms with Crippen LogP contribution in [0.4, 0.5) is 0 Å². The van der Waals surface area contributed by atoms with Gasteiger partial charge in [-0.2, -0.15) is 5.26 Å². The molecule has 12 heavy (non-hydrogen) atoms. The number of hydrogen-bond donors (Lipinski definition) is 0. The summed E-state index contributed by atoms with van der Waals surface area (Å²) in [6, 6.07) is 2.09. The maximum Gasteiger partial charge on any atom is 0.282 e. The van der Waals surface area contributed by atoms with Gasteiger partial charge >= 0.3 is 0 Å². The molecular formula is C8H13N3O. The maximum absolute atomic E-state index is 8.84. The van der Waals surface area contributed by atoms with Crippen molar-refractivity contribution >= 4 is 0 Å². The van der Waals surface area contributed by atoms with Crippen molar-refractivity contribution in [2.45, 2.75) is 32.5 Å². The van der Waals surface area contributed by atoms with Gasteiger partial charge in [-0.3, -0.25) is 0 Å². The first-order valence-corrected chi connectivity index (χ1v) is 3.88. The van der Waals surface area contributed by atoms with Gasteiger partial charge in [0.1, 0.15) is 6.07 Å². The molecule has 0 saturated heterocycles. The Bertz CT molecular complexity index is 246. The SMILES string of the molecule is COC(C)C(C)(C)C1(C#N)N=N1. The smallest absolute Gasteiger partial charge is 0.282 e. The topological polar surface area (TPSA) is 57.7 Å². The fourth-order valence-electron chi connectivity index (χ4n) is 1.07. The first kappa shape index (κ1) is 9.14. The first-order valence-electron chi connectivity index (χ1n) is 3.88. The van der Waals surface area contributed by atoms with Gasteiger partial charge in [-0.05, 0) is 6.92 Å². The van der Waals surface area contributed by atoms with Crippen molar-refractivity contribution in [3.63, 3.8) is 0 Å². The number of ether oxygens (including phenoxy) is 1. The molecular weight excluding hydrogens is 154 g/mol. The summed E-state index contributed by atoms with van der Waals surface area (Å²) >= 11 is 0. The van der Waals surface area contributed by atoms with Crippen LogP contribution < -0.4 is 0 Å². The summed E-state index contributed by atoms with van der Waals surface area (Å²) < 4.78 is 5.17. The molecule has 0 amide bonds. The monoisotopic (exact) mass is 167 g/mol. The van der Waals surface area contributed by atoms with Crippen LogP contribution in [0.3, 0.4) is 0 Å². The molecule has 0 fully saturated rings. The van der Waals surface area contributed by atoms with Gasteiger partial charge in [0.05, 0.1) is 11.5 Å². The third-order valence-corrected chi connectivity index (χ3v) is 2.72. The molecule has 0 bridgehead atoms. The van der Waals surface area contributed by atoms with Crippen molar-refractivity contribution in [2.75, 3.05) is 7.11 Å². The Balaban J connectivity index is 2.80. The summed E-state index contributed by atoms with van der Waals surface area (Å²) in [7, 11) is 1.62. The lowest BCUT2D eigenvalue weighted by Crippen LogP contribution is -2.41. The van der Waals surface area contributed by atoms with Crippen molar-refractivity contribution in [1.29, 1.82) is 5.26 Å². The van der Waals surface area contributed by atoms with Crippen molar-refractivity contribution in [3.8, 4) is 6.07 Å². The second-order valence-corrected chi connectivity index (χ2v) is 3.58. The Morgan fingerprint density at radius 3 is 2.25 bits per heavy atom.